The fourth-order valence-corrected chi connectivity index (χ4v) is 3.95. The van der Waals surface area contributed by atoms with Gasteiger partial charge in [-0.25, -0.2) is 4.39 Å². The van der Waals surface area contributed by atoms with E-state index < -0.39 is 12.2 Å². The Labute approximate surface area is 188 Å². The number of hydrogen-bond acceptors (Lipinski definition) is 3. The molecule has 1 amide bonds. The van der Waals surface area contributed by atoms with E-state index in [9.17, 15) is 19.4 Å². The molecule has 0 saturated heterocycles. The molecule has 6 heteroatoms. The van der Waals surface area contributed by atoms with Gasteiger partial charge in [0.2, 0.25) is 5.91 Å². The minimum Gasteiger partial charge on any atom is -0.392 e. The number of benzene rings is 2. The first-order valence-electron chi connectivity index (χ1n) is 10.8. The highest BCUT2D eigenvalue weighted by Crippen LogP contribution is 2.38. The summed E-state index contributed by atoms with van der Waals surface area (Å²) in [7, 11) is 3.26. The maximum Gasteiger partial charge on any atom is 0.224 e. The van der Waals surface area contributed by atoms with Crippen LogP contribution in [-0.2, 0) is 4.79 Å². The van der Waals surface area contributed by atoms with Crippen molar-refractivity contribution in [3.05, 3.63) is 66.1 Å². The van der Waals surface area contributed by atoms with Crippen molar-refractivity contribution in [3.8, 4) is 11.1 Å². The molecule has 2 N–H and O–H groups in total. The predicted octanol–water partition coefficient (Wildman–Crippen LogP) is 4.63. The zero-order valence-electron chi connectivity index (χ0n) is 19.0. The van der Waals surface area contributed by atoms with Gasteiger partial charge in [-0.15, -0.1) is 0 Å². The van der Waals surface area contributed by atoms with Gasteiger partial charge in [-0.05, 0) is 43.7 Å². The number of para-hydroxylation sites is 1. The molecule has 32 heavy (non-hydrogen) atoms. The predicted molar refractivity (Wildman–Crippen MR) is 127 cm³/mol. The summed E-state index contributed by atoms with van der Waals surface area (Å²) in [5.74, 6) is -0.484. The van der Waals surface area contributed by atoms with E-state index in [2.05, 4.69) is 18.4 Å². The second kappa shape index (κ2) is 10.1. The lowest BCUT2D eigenvalue weighted by atomic mass is 10.0. The molecule has 5 nitrogen and oxygen atoms in total. The van der Waals surface area contributed by atoms with Gasteiger partial charge in [0, 0.05) is 48.7 Å². The summed E-state index contributed by atoms with van der Waals surface area (Å²) in [6.45, 7) is 4.18. The number of carbonyl (C=O) groups excluding carboxylic acids is 1. The van der Waals surface area contributed by atoms with E-state index in [1.54, 1.807) is 32.3 Å². The molecular weight excluding hydrogens is 407 g/mol. The Balaban J connectivity index is 1.99. The number of halogens is 1. The summed E-state index contributed by atoms with van der Waals surface area (Å²) in [6.07, 6.45) is 1.67. The highest BCUT2D eigenvalue weighted by molar-refractivity contribution is 6.01. The smallest absolute Gasteiger partial charge is 0.224 e. The Morgan fingerprint density at radius 1 is 1.09 bits per heavy atom. The molecule has 0 aliphatic carbocycles. The summed E-state index contributed by atoms with van der Waals surface area (Å²) in [4.78, 5) is 13.2. The number of hydrogen-bond donors (Lipinski definition) is 2. The molecule has 0 aliphatic rings. The molecule has 2 aromatic carbocycles. The SMILES string of the molecule is CC(C)n1c(/C=C/[C@@H](O)C[C@@H](O)CC(=O)N(C)C)c(-c2ccc(F)cc2)c2ccccc21. The van der Waals surface area contributed by atoms with Crippen molar-refractivity contribution in [1.29, 1.82) is 0 Å². The standard InChI is InChI=1S/C26H31FN2O3/c1-17(2)29-23-8-6-5-7-22(23)26(18-9-11-19(27)12-10-18)24(29)14-13-20(30)15-21(31)16-25(32)28(3)4/h5-14,17,20-21,30-31H,15-16H2,1-4H3/b14-13+/t20-,21-/m1/s1. The van der Waals surface area contributed by atoms with Crippen LogP contribution in [0.1, 0.15) is 38.4 Å². The summed E-state index contributed by atoms with van der Waals surface area (Å²) >= 11 is 0. The van der Waals surface area contributed by atoms with E-state index in [-0.39, 0.29) is 30.6 Å². The number of carbonyl (C=O) groups is 1. The maximum absolute atomic E-state index is 13.6. The van der Waals surface area contributed by atoms with Gasteiger partial charge in [0.1, 0.15) is 5.82 Å². The normalized spacial score (nSPS) is 13.8. The van der Waals surface area contributed by atoms with Gasteiger partial charge in [0.15, 0.2) is 0 Å². The average Bonchev–Trinajstić information content (AvgIpc) is 3.07. The van der Waals surface area contributed by atoms with Crippen molar-refractivity contribution in [3.63, 3.8) is 0 Å². The largest absolute Gasteiger partial charge is 0.392 e. The molecule has 0 unspecified atom stereocenters. The van der Waals surface area contributed by atoms with Gasteiger partial charge in [-0.3, -0.25) is 4.79 Å². The molecule has 0 aliphatic heterocycles. The fraction of sp³-hybridized carbons (Fsp3) is 0.346. The van der Waals surface area contributed by atoms with Gasteiger partial charge in [0.05, 0.1) is 18.6 Å². The van der Waals surface area contributed by atoms with Crippen molar-refractivity contribution < 1.29 is 19.4 Å². The average molecular weight is 439 g/mol. The molecular formula is C26H31FN2O3. The lowest BCUT2D eigenvalue weighted by molar-refractivity contribution is -0.130. The number of aromatic nitrogens is 1. The molecule has 0 spiro atoms. The topological polar surface area (TPSA) is 65.7 Å². The summed E-state index contributed by atoms with van der Waals surface area (Å²) in [5, 5.41) is 21.7. The van der Waals surface area contributed by atoms with Crippen molar-refractivity contribution in [1.82, 2.24) is 9.47 Å². The maximum atomic E-state index is 13.6. The molecule has 170 valence electrons. The molecule has 0 saturated carbocycles. The van der Waals surface area contributed by atoms with E-state index in [1.165, 1.54) is 17.0 Å². The van der Waals surface area contributed by atoms with E-state index in [0.717, 1.165) is 27.7 Å². The fourth-order valence-electron chi connectivity index (χ4n) is 3.95. The van der Waals surface area contributed by atoms with Crippen LogP contribution < -0.4 is 0 Å². The van der Waals surface area contributed by atoms with Crippen LogP contribution in [0.4, 0.5) is 4.39 Å². The Kier molecular flexibility index (Phi) is 7.48. The molecule has 2 atom stereocenters. The number of aliphatic hydroxyl groups is 2. The zero-order valence-corrected chi connectivity index (χ0v) is 19.0. The van der Waals surface area contributed by atoms with Gasteiger partial charge in [-0.1, -0.05) is 36.4 Å². The van der Waals surface area contributed by atoms with Gasteiger partial charge in [-0.2, -0.15) is 0 Å². The van der Waals surface area contributed by atoms with Crippen LogP contribution in [0.3, 0.4) is 0 Å². The van der Waals surface area contributed by atoms with Crippen LogP contribution in [0.5, 0.6) is 0 Å². The van der Waals surface area contributed by atoms with Crippen molar-refractivity contribution in [2.75, 3.05) is 14.1 Å². The van der Waals surface area contributed by atoms with Gasteiger partial charge < -0.3 is 19.7 Å². The van der Waals surface area contributed by atoms with E-state index >= 15 is 0 Å². The third-order valence-electron chi connectivity index (χ3n) is 5.50. The van der Waals surface area contributed by atoms with Crippen LogP contribution in [0.2, 0.25) is 0 Å². The third-order valence-corrected chi connectivity index (χ3v) is 5.50. The highest BCUT2D eigenvalue weighted by Gasteiger charge is 2.20. The Morgan fingerprint density at radius 2 is 1.75 bits per heavy atom. The lowest BCUT2D eigenvalue weighted by Gasteiger charge is -2.16. The van der Waals surface area contributed by atoms with E-state index in [1.807, 2.05) is 30.3 Å². The van der Waals surface area contributed by atoms with Crippen molar-refractivity contribution in [2.24, 2.45) is 0 Å². The second-order valence-corrected chi connectivity index (χ2v) is 8.56. The Bertz CT molecular complexity index is 1100. The second-order valence-electron chi connectivity index (χ2n) is 8.56. The summed E-state index contributed by atoms with van der Waals surface area (Å²) < 4.78 is 15.7. The van der Waals surface area contributed by atoms with Crippen LogP contribution in [-0.4, -0.2) is 51.9 Å². The molecule has 0 fully saturated rings. The van der Waals surface area contributed by atoms with Crippen LogP contribution >= 0.6 is 0 Å². The summed E-state index contributed by atoms with van der Waals surface area (Å²) in [6, 6.07) is 14.6. The van der Waals surface area contributed by atoms with Crippen LogP contribution in [0.25, 0.3) is 28.1 Å². The minimum absolute atomic E-state index is 0.0367. The monoisotopic (exact) mass is 438 g/mol. The number of nitrogens with zero attached hydrogens (tertiary/aromatic N) is 2. The van der Waals surface area contributed by atoms with Crippen molar-refractivity contribution >= 4 is 22.9 Å². The number of fused-ring (bicyclic) bond motifs is 1. The lowest BCUT2D eigenvalue weighted by Crippen LogP contribution is -2.28. The van der Waals surface area contributed by atoms with E-state index in [4.69, 9.17) is 0 Å². The van der Waals surface area contributed by atoms with Gasteiger partial charge >= 0.3 is 0 Å². The Morgan fingerprint density at radius 3 is 2.38 bits per heavy atom. The first kappa shape index (κ1) is 23.7. The van der Waals surface area contributed by atoms with Gasteiger partial charge in [0.25, 0.3) is 0 Å². The molecule has 3 aromatic rings. The molecule has 3 rings (SSSR count). The Hall–Kier alpha value is -2.96. The quantitative estimate of drug-likeness (QED) is 0.539. The molecule has 1 heterocycles. The van der Waals surface area contributed by atoms with Crippen LogP contribution in [0, 0.1) is 5.82 Å². The van der Waals surface area contributed by atoms with E-state index in [0.29, 0.717) is 0 Å². The number of aliphatic hydroxyl groups excluding tert-OH is 2. The summed E-state index contributed by atoms with van der Waals surface area (Å²) in [5.41, 5.74) is 3.78. The zero-order chi connectivity index (χ0) is 23.4. The number of rotatable bonds is 8. The highest BCUT2D eigenvalue weighted by atomic mass is 19.1. The van der Waals surface area contributed by atoms with Crippen LogP contribution in [0.15, 0.2) is 54.6 Å². The van der Waals surface area contributed by atoms with Crippen molar-refractivity contribution in [2.45, 2.75) is 44.9 Å². The number of amides is 1. The third kappa shape index (κ3) is 5.26. The minimum atomic E-state index is -0.933. The molecule has 1 aromatic heterocycles. The first-order chi connectivity index (χ1) is 15.2. The molecule has 0 radical (unpaired) electrons. The first-order valence-corrected chi connectivity index (χ1v) is 10.8. The molecule has 0 bridgehead atoms.